The number of guanidine groups is 1. The fraction of sp³-hybridized carbons (Fsp3) is 0.105. The number of nitrogens with one attached hydrogen (secondary N) is 3. The third kappa shape index (κ3) is 5.15. The molecule has 29 heavy (non-hydrogen) atoms. The monoisotopic (exact) mass is 412 g/mol. The molecule has 2 aromatic rings. The zero-order valence-corrected chi connectivity index (χ0v) is 15.6. The van der Waals surface area contributed by atoms with Crippen LogP contribution in [0.2, 0.25) is 5.02 Å². The summed E-state index contributed by atoms with van der Waals surface area (Å²) in [7, 11) is 0. The number of anilines is 1. The van der Waals surface area contributed by atoms with Gasteiger partial charge in [-0.05, 0) is 24.3 Å². The molecular formula is C19H14ClFN6O2. The molecule has 0 fully saturated rings. The SMILES string of the molecule is N#Cc1cc(F)ccc1NC(=O)CC1N=C(NN=Cc2ccccc2Cl)NC1=O. The summed E-state index contributed by atoms with van der Waals surface area (Å²) in [6, 6.07) is 11.3. The molecule has 0 radical (unpaired) electrons. The maximum atomic E-state index is 13.2. The predicted octanol–water partition coefficient (Wildman–Crippen LogP) is 2.16. The van der Waals surface area contributed by atoms with Gasteiger partial charge in [-0.15, -0.1) is 0 Å². The second-order valence-electron chi connectivity index (χ2n) is 5.93. The van der Waals surface area contributed by atoms with Crippen molar-refractivity contribution < 1.29 is 14.0 Å². The Morgan fingerprint density at radius 1 is 1.38 bits per heavy atom. The third-order valence-corrected chi connectivity index (χ3v) is 4.21. The average Bonchev–Trinajstić information content (AvgIpc) is 3.03. The van der Waals surface area contributed by atoms with Crippen molar-refractivity contribution >= 4 is 41.3 Å². The summed E-state index contributed by atoms with van der Waals surface area (Å²) in [6.07, 6.45) is 1.21. The van der Waals surface area contributed by atoms with Crippen molar-refractivity contribution in [3.05, 3.63) is 64.4 Å². The van der Waals surface area contributed by atoms with E-state index in [0.717, 1.165) is 12.1 Å². The van der Waals surface area contributed by atoms with Crippen molar-refractivity contribution in [3.63, 3.8) is 0 Å². The number of nitriles is 1. The smallest absolute Gasteiger partial charge is 0.252 e. The Kier molecular flexibility index (Phi) is 6.16. The molecule has 0 saturated carbocycles. The predicted molar refractivity (Wildman–Crippen MR) is 106 cm³/mol. The fourth-order valence-electron chi connectivity index (χ4n) is 2.48. The molecule has 0 spiro atoms. The van der Waals surface area contributed by atoms with E-state index in [1.54, 1.807) is 30.3 Å². The summed E-state index contributed by atoms with van der Waals surface area (Å²) in [4.78, 5) is 28.3. The van der Waals surface area contributed by atoms with Gasteiger partial charge in [0, 0.05) is 10.6 Å². The Morgan fingerprint density at radius 2 is 2.17 bits per heavy atom. The topological polar surface area (TPSA) is 119 Å². The highest BCUT2D eigenvalue weighted by molar-refractivity contribution is 6.33. The van der Waals surface area contributed by atoms with E-state index in [1.165, 1.54) is 12.3 Å². The van der Waals surface area contributed by atoms with Crippen molar-refractivity contribution in [3.8, 4) is 6.07 Å². The molecule has 0 aromatic heterocycles. The quantitative estimate of drug-likeness (QED) is 0.515. The van der Waals surface area contributed by atoms with E-state index >= 15 is 0 Å². The molecule has 0 bridgehead atoms. The highest BCUT2D eigenvalue weighted by Gasteiger charge is 2.28. The van der Waals surface area contributed by atoms with Gasteiger partial charge in [0.1, 0.15) is 17.9 Å². The lowest BCUT2D eigenvalue weighted by Crippen LogP contribution is -2.35. The van der Waals surface area contributed by atoms with Crippen LogP contribution in [-0.4, -0.2) is 30.0 Å². The summed E-state index contributed by atoms with van der Waals surface area (Å²) < 4.78 is 13.2. The number of hydrogen-bond donors (Lipinski definition) is 3. The largest absolute Gasteiger partial charge is 0.325 e. The van der Waals surface area contributed by atoms with Crippen molar-refractivity contribution in [2.45, 2.75) is 12.5 Å². The Morgan fingerprint density at radius 3 is 2.93 bits per heavy atom. The summed E-state index contributed by atoms with van der Waals surface area (Å²) in [5, 5.41) is 18.4. The highest BCUT2D eigenvalue weighted by atomic mass is 35.5. The first-order valence-electron chi connectivity index (χ1n) is 8.38. The van der Waals surface area contributed by atoms with E-state index in [4.69, 9.17) is 16.9 Å². The van der Waals surface area contributed by atoms with E-state index < -0.39 is 23.7 Å². The lowest BCUT2D eigenvalue weighted by molar-refractivity contribution is -0.123. The molecule has 10 heteroatoms. The van der Waals surface area contributed by atoms with Gasteiger partial charge in [-0.2, -0.15) is 10.4 Å². The number of rotatable bonds is 5. The molecule has 0 aliphatic carbocycles. The van der Waals surface area contributed by atoms with Gasteiger partial charge in [-0.1, -0.05) is 29.8 Å². The zero-order valence-electron chi connectivity index (χ0n) is 14.8. The molecule has 1 heterocycles. The fourth-order valence-corrected chi connectivity index (χ4v) is 2.66. The van der Waals surface area contributed by atoms with Gasteiger partial charge in [-0.3, -0.25) is 14.9 Å². The average molecular weight is 413 g/mol. The number of aliphatic imine (C=N–C) groups is 1. The van der Waals surface area contributed by atoms with Crippen LogP contribution >= 0.6 is 11.6 Å². The van der Waals surface area contributed by atoms with Crippen LogP contribution in [0.1, 0.15) is 17.5 Å². The van der Waals surface area contributed by atoms with E-state index in [9.17, 15) is 14.0 Å². The lowest BCUT2D eigenvalue weighted by atomic mass is 10.1. The van der Waals surface area contributed by atoms with Gasteiger partial charge < -0.3 is 5.32 Å². The Balaban J connectivity index is 1.59. The van der Waals surface area contributed by atoms with E-state index in [0.29, 0.717) is 10.6 Å². The molecule has 3 rings (SSSR count). The molecule has 2 aromatic carbocycles. The molecule has 8 nitrogen and oxygen atoms in total. The van der Waals surface area contributed by atoms with Crippen molar-refractivity contribution in [1.29, 1.82) is 5.26 Å². The van der Waals surface area contributed by atoms with Crippen LogP contribution in [-0.2, 0) is 9.59 Å². The van der Waals surface area contributed by atoms with Gasteiger partial charge in [0.15, 0.2) is 0 Å². The van der Waals surface area contributed by atoms with Crippen molar-refractivity contribution in [2.24, 2.45) is 10.1 Å². The molecule has 0 saturated heterocycles. The van der Waals surface area contributed by atoms with Crippen LogP contribution in [0.15, 0.2) is 52.6 Å². The molecule has 1 atom stereocenters. The number of nitrogens with zero attached hydrogens (tertiary/aromatic N) is 3. The summed E-state index contributed by atoms with van der Waals surface area (Å²) in [5.74, 6) is -1.52. The van der Waals surface area contributed by atoms with Gasteiger partial charge in [-0.25, -0.2) is 14.8 Å². The standard InChI is InChI=1S/C19H14ClFN6O2/c20-14-4-2-1-3-11(14)10-23-27-19-25-16(18(29)26-19)8-17(28)24-15-6-5-13(21)7-12(15)9-22/h1-7,10,16H,8H2,(H,24,28)(H2,25,26,27,29). The third-order valence-electron chi connectivity index (χ3n) is 3.86. The van der Waals surface area contributed by atoms with Gasteiger partial charge in [0.25, 0.3) is 5.91 Å². The summed E-state index contributed by atoms with van der Waals surface area (Å²) >= 11 is 6.02. The van der Waals surface area contributed by atoms with Crippen LogP contribution in [0.3, 0.4) is 0 Å². The second kappa shape index (κ2) is 8.95. The van der Waals surface area contributed by atoms with Crippen LogP contribution in [0, 0.1) is 17.1 Å². The zero-order chi connectivity index (χ0) is 20.8. The first kappa shape index (κ1) is 20.0. The Labute approximate surface area is 170 Å². The van der Waals surface area contributed by atoms with Crippen LogP contribution in [0.5, 0.6) is 0 Å². The maximum Gasteiger partial charge on any atom is 0.252 e. The van der Waals surface area contributed by atoms with E-state index in [2.05, 4.69) is 26.2 Å². The first-order valence-corrected chi connectivity index (χ1v) is 8.76. The summed E-state index contributed by atoms with van der Waals surface area (Å²) in [5.41, 5.74) is 3.39. The summed E-state index contributed by atoms with van der Waals surface area (Å²) in [6.45, 7) is 0. The number of halogens is 2. The Hall–Kier alpha value is -3.77. The number of hydrazone groups is 1. The molecule has 1 unspecified atom stereocenters. The molecular weight excluding hydrogens is 399 g/mol. The molecule has 1 aliphatic rings. The highest BCUT2D eigenvalue weighted by Crippen LogP contribution is 2.17. The van der Waals surface area contributed by atoms with E-state index in [-0.39, 0.29) is 23.6 Å². The van der Waals surface area contributed by atoms with Crippen LogP contribution in [0.4, 0.5) is 10.1 Å². The second-order valence-corrected chi connectivity index (χ2v) is 6.34. The van der Waals surface area contributed by atoms with Gasteiger partial charge in [0.05, 0.1) is 23.9 Å². The van der Waals surface area contributed by atoms with Crippen molar-refractivity contribution in [1.82, 2.24) is 10.7 Å². The number of benzene rings is 2. The van der Waals surface area contributed by atoms with Gasteiger partial charge >= 0.3 is 0 Å². The minimum atomic E-state index is -0.959. The van der Waals surface area contributed by atoms with E-state index in [1.807, 2.05) is 0 Å². The molecule has 3 N–H and O–H groups in total. The normalized spacial score (nSPS) is 15.6. The maximum absolute atomic E-state index is 13.2. The van der Waals surface area contributed by atoms with Crippen LogP contribution < -0.4 is 16.1 Å². The number of carbonyl (C=O) groups is 2. The molecule has 2 amide bonds. The Bertz CT molecular complexity index is 1060. The minimum absolute atomic E-state index is 0.0195. The number of amides is 2. The number of carbonyl (C=O) groups excluding carboxylic acids is 2. The number of hydrogen-bond acceptors (Lipinski definition) is 6. The molecule has 146 valence electrons. The van der Waals surface area contributed by atoms with Crippen molar-refractivity contribution in [2.75, 3.05) is 5.32 Å². The lowest BCUT2D eigenvalue weighted by Gasteiger charge is -2.08. The van der Waals surface area contributed by atoms with Crippen LogP contribution in [0.25, 0.3) is 0 Å². The first-order chi connectivity index (χ1) is 14.0. The molecule has 1 aliphatic heterocycles. The van der Waals surface area contributed by atoms with Gasteiger partial charge in [0.2, 0.25) is 11.9 Å². The minimum Gasteiger partial charge on any atom is -0.325 e.